The molecule has 4 aromatic heterocycles. The van der Waals surface area contributed by atoms with Crippen molar-refractivity contribution in [2.24, 2.45) is 0 Å². The first kappa shape index (κ1) is 14.0. The van der Waals surface area contributed by atoms with Crippen LogP contribution in [0.1, 0.15) is 34.2 Å². The van der Waals surface area contributed by atoms with Crippen LogP contribution in [-0.4, -0.2) is 30.3 Å². The highest BCUT2D eigenvalue weighted by molar-refractivity contribution is 5.98. The average molecular weight is 331 g/mol. The summed E-state index contributed by atoms with van der Waals surface area (Å²) in [6, 6.07) is 7.42. The van der Waals surface area contributed by atoms with Crippen molar-refractivity contribution in [3.63, 3.8) is 0 Å². The zero-order chi connectivity index (χ0) is 16.8. The van der Waals surface area contributed by atoms with Gasteiger partial charge < -0.3 is 4.42 Å². The number of nitrogens with zero attached hydrogens (tertiary/aromatic N) is 5. The van der Waals surface area contributed by atoms with Crippen molar-refractivity contribution < 1.29 is 9.21 Å². The molecule has 0 N–H and O–H groups in total. The Bertz CT molecular complexity index is 1070. The van der Waals surface area contributed by atoms with Gasteiger partial charge in [0.25, 0.3) is 5.78 Å². The van der Waals surface area contributed by atoms with Crippen LogP contribution in [0.5, 0.6) is 0 Å². The van der Waals surface area contributed by atoms with E-state index in [1.165, 1.54) is 0 Å². The summed E-state index contributed by atoms with van der Waals surface area (Å²) in [5, 5.41) is 4.44. The quantitative estimate of drug-likeness (QED) is 0.561. The molecule has 0 saturated heterocycles. The van der Waals surface area contributed by atoms with Crippen LogP contribution in [0.25, 0.3) is 17.2 Å². The monoisotopic (exact) mass is 331 g/mol. The molecular weight excluding hydrogens is 318 g/mol. The molecule has 0 fully saturated rings. The van der Waals surface area contributed by atoms with Gasteiger partial charge in [0.1, 0.15) is 5.76 Å². The second-order valence-corrected chi connectivity index (χ2v) is 6.06. The minimum Gasteiger partial charge on any atom is -0.469 e. The van der Waals surface area contributed by atoms with E-state index in [0.29, 0.717) is 30.0 Å². The van der Waals surface area contributed by atoms with Crippen LogP contribution < -0.4 is 0 Å². The number of hydrogen-bond donors (Lipinski definition) is 0. The van der Waals surface area contributed by atoms with Crippen LogP contribution in [0.2, 0.25) is 0 Å². The number of aromatic nitrogens is 5. The molecule has 4 heterocycles. The fourth-order valence-corrected chi connectivity index (χ4v) is 3.23. The van der Waals surface area contributed by atoms with Crippen molar-refractivity contribution in [3.8, 4) is 11.4 Å². The van der Waals surface area contributed by atoms with Crippen LogP contribution in [0.3, 0.4) is 0 Å². The fraction of sp³-hybridized carbons (Fsp3) is 0.167. The number of fused-ring (bicyclic) bond motifs is 2. The maximum atomic E-state index is 12.6. The maximum Gasteiger partial charge on any atom is 0.252 e. The van der Waals surface area contributed by atoms with Gasteiger partial charge in [-0.3, -0.25) is 9.78 Å². The number of ketones is 1. The largest absolute Gasteiger partial charge is 0.469 e. The van der Waals surface area contributed by atoms with Crippen LogP contribution in [0.4, 0.5) is 0 Å². The minimum absolute atomic E-state index is 0.0209. The highest BCUT2D eigenvalue weighted by Crippen LogP contribution is 2.32. The van der Waals surface area contributed by atoms with Crippen molar-refractivity contribution in [3.05, 3.63) is 66.1 Å². The number of rotatable bonds is 2. The number of carbonyl (C=O) groups excluding carboxylic acids is 1. The summed E-state index contributed by atoms with van der Waals surface area (Å²) in [6.07, 6.45) is 7.82. The molecule has 0 saturated carbocycles. The molecule has 7 heteroatoms. The Labute approximate surface area is 142 Å². The van der Waals surface area contributed by atoms with Gasteiger partial charge in [0.05, 0.1) is 17.5 Å². The first-order valence-electron chi connectivity index (χ1n) is 8.01. The molecule has 0 unspecified atom stereocenters. The van der Waals surface area contributed by atoms with Gasteiger partial charge in [0.2, 0.25) is 0 Å². The van der Waals surface area contributed by atoms with E-state index in [0.717, 1.165) is 17.0 Å². The van der Waals surface area contributed by atoms with E-state index < -0.39 is 0 Å². The predicted octanol–water partition coefficient (Wildman–Crippen LogP) is 2.69. The molecule has 0 aromatic carbocycles. The smallest absolute Gasteiger partial charge is 0.252 e. The highest BCUT2D eigenvalue weighted by Gasteiger charge is 2.30. The van der Waals surface area contributed by atoms with Crippen LogP contribution in [0, 0.1) is 0 Å². The second-order valence-electron chi connectivity index (χ2n) is 6.06. The van der Waals surface area contributed by atoms with Gasteiger partial charge in [0.15, 0.2) is 11.6 Å². The molecule has 7 nitrogen and oxygen atoms in total. The summed E-state index contributed by atoms with van der Waals surface area (Å²) in [7, 11) is 0. The van der Waals surface area contributed by atoms with Gasteiger partial charge in [-0.2, -0.15) is 4.98 Å². The van der Waals surface area contributed by atoms with Gasteiger partial charge in [-0.15, -0.1) is 5.10 Å². The molecule has 1 atom stereocenters. The Hall–Kier alpha value is -3.35. The van der Waals surface area contributed by atoms with Crippen molar-refractivity contribution in [1.82, 2.24) is 24.6 Å². The Balaban J connectivity index is 1.59. The molecular formula is C18H13N5O2. The van der Waals surface area contributed by atoms with Crippen molar-refractivity contribution in [1.29, 1.82) is 0 Å². The number of furan rings is 1. The zero-order valence-electron chi connectivity index (χ0n) is 13.2. The first-order chi connectivity index (χ1) is 12.3. The van der Waals surface area contributed by atoms with Crippen molar-refractivity contribution in [2.45, 2.75) is 18.8 Å². The standard InChI is InChI=1S/C18H13N5O2/c24-15-9-12(16-2-1-7-25-16)8-14-13(15)10-23-18(20-14)21-17(22-23)11-3-5-19-6-4-11/h1-7,10,12H,8-9H2/t12-/m1/s1. The number of carbonyl (C=O) groups is 1. The Morgan fingerprint density at radius 1 is 1.12 bits per heavy atom. The van der Waals surface area contributed by atoms with Crippen LogP contribution in [-0.2, 0) is 6.42 Å². The lowest BCUT2D eigenvalue weighted by atomic mass is 9.85. The minimum atomic E-state index is 0.0209. The maximum absolute atomic E-state index is 12.6. The predicted molar refractivity (Wildman–Crippen MR) is 88.1 cm³/mol. The summed E-state index contributed by atoms with van der Waals surface area (Å²) in [4.78, 5) is 25.6. The Kier molecular flexibility index (Phi) is 3.00. The normalized spacial score (nSPS) is 17.0. The third kappa shape index (κ3) is 2.32. The average Bonchev–Trinajstić information content (AvgIpc) is 3.30. The summed E-state index contributed by atoms with van der Waals surface area (Å²) in [5.74, 6) is 1.94. The van der Waals surface area contributed by atoms with E-state index in [-0.39, 0.29) is 11.7 Å². The summed E-state index contributed by atoms with van der Waals surface area (Å²) >= 11 is 0. The van der Waals surface area contributed by atoms with E-state index in [9.17, 15) is 4.79 Å². The number of pyridine rings is 1. The lowest BCUT2D eigenvalue weighted by Crippen LogP contribution is -2.21. The SMILES string of the molecule is O=C1C[C@H](c2ccco2)Cc2nc3nc(-c4ccncc4)nn3cc21. The van der Waals surface area contributed by atoms with Gasteiger partial charge in [-0.1, -0.05) is 0 Å². The van der Waals surface area contributed by atoms with Gasteiger partial charge in [0, 0.05) is 42.9 Å². The molecule has 1 aliphatic carbocycles. The van der Waals surface area contributed by atoms with E-state index in [1.807, 2.05) is 24.3 Å². The second kappa shape index (κ2) is 5.34. The Morgan fingerprint density at radius 2 is 2.00 bits per heavy atom. The van der Waals surface area contributed by atoms with E-state index >= 15 is 0 Å². The zero-order valence-corrected chi connectivity index (χ0v) is 13.2. The Morgan fingerprint density at radius 3 is 2.80 bits per heavy atom. The van der Waals surface area contributed by atoms with Crippen molar-refractivity contribution >= 4 is 11.6 Å². The summed E-state index contributed by atoms with van der Waals surface area (Å²) in [5.41, 5.74) is 2.22. The van der Waals surface area contributed by atoms with Gasteiger partial charge in [-0.25, -0.2) is 9.50 Å². The fourth-order valence-electron chi connectivity index (χ4n) is 3.23. The first-order valence-corrected chi connectivity index (χ1v) is 8.01. The summed E-state index contributed by atoms with van der Waals surface area (Å²) in [6.45, 7) is 0. The molecule has 4 aromatic rings. The van der Waals surface area contributed by atoms with E-state index in [1.54, 1.807) is 29.4 Å². The molecule has 0 radical (unpaired) electrons. The molecule has 0 amide bonds. The third-order valence-corrected chi connectivity index (χ3v) is 4.47. The molecule has 5 rings (SSSR count). The summed E-state index contributed by atoms with van der Waals surface area (Å²) < 4.78 is 7.04. The van der Waals surface area contributed by atoms with E-state index in [4.69, 9.17) is 4.42 Å². The van der Waals surface area contributed by atoms with Crippen LogP contribution in [0.15, 0.2) is 53.5 Å². The van der Waals surface area contributed by atoms with Gasteiger partial charge in [-0.05, 0) is 24.3 Å². The molecule has 0 aliphatic heterocycles. The molecule has 1 aliphatic rings. The molecule has 122 valence electrons. The lowest BCUT2D eigenvalue weighted by molar-refractivity contribution is 0.0958. The third-order valence-electron chi connectivity index (χ3n) is 4.47. The molecule has 0 spiro atoms. The molecule has 0 bridgehead atoms. The lowest BCUT2D eigenvalue weighted by Gasteiger charge is -2.20. The topological polar surface area (TPSA) is 86.2 Å². The van der Waals surface area contributed by atoms with Crippen molar-refractivity contribution in [2.75, 3.05) is 0 Å². The van der Waals surface area contributed by atoms with Gasteiger partial charge >= 0.3 is 0 Å². The number of Topliss-reactive ketones (excluding diaryl/α,β-unsaturated/α-hetero) is 1. The highest BCUT2D eigenvalue weighted by atomic mass is 16.3. The molecule has 25 heavy (non-hydrogen) atoms. The van der Waals surface area contributed by atoms with Crippen LogP contribution >= 0.6 is 0 Å². The number of hydrogen-bond acceptors (Lipinski definition) is 6. The van der Waals surface area contributed by atoms with E-state index in [2.05, 4.69) is 20.1 Å².